The maximum atomic E-state index is 2.33. The summed E-state index contributed by atoms with van der Waals surface area (Å²) in [4.78, 5) is 2.33. The van der Waals surface area contributed by atoms with Gasteiger partial charge < -0.3 is 0 Å². The minimum absolute atomic E-state index is 1.18. The molecule has 108 valence electrons. The third kappa shape index (κ3) is 3.36. The summed E-state index contributed by atoms with van der Waals surface area (Å²) in [5.74, 6) is 0. The van der Waals surface area contributed by atoms with E-state index in [0.717, 1.165) is 0 Å². The lowest BCUT2D eigenvalue weighted by atomic mass is 10.1. The number of hydrogen-bond donors (Lipinski definition) is 0. The zero-order chi connectivity index (χ0) is 14.5. The van der Waals surface area contributed by atoms with Crippen molar-refractivity contribution in [2.45, 2.75) is 26.2 Å². The molecular formula is C18H19NS2. The van der Waals surface area contributed by atoms with Crippen LogP contribution in [0.25, 0.3) is 0 Å². The summed E-state index contributed by atoms with van der Waals surface area (Å²) in [5.41, 5.74) is 2.66. The summed E-state index contributed by atoms with van der Waals surface area (Å²) in [6.45, 7) is 2.24. The van der Waals surface area contributed by atoms with Crippen LogP contribution in [0.5, 0.6) is 0 Å². The average molecular weight is 313 g/mol. The predicted octanol–water partition coefficient (Wildman–Crippen LogP) is 6.62. The number of nitrogens with zero attached hydrogens (tertiary/aromatic N) is 1. The molecule has 2 heterocycles. The molecule has 0 N–H and O–H groups in total. The molecule has 2 aromatic heterocycles. The van der Waals surface area contributed by atoms with Gasteiger partial charge in [0.2, 0.25) is 0 Å². The van der Waals surface area contributed by atoms with Gasteiger partial charge in [0, 0.05) is 5.69 Å². The Bertz CT molecular complexity index is 605. The Hall–Kier alpha value is -1.58. The van der Waals surface area contributed by atoms with E-state index in [1.807, 2.05) is 0 Å². The summed E-state index contributed by atoms with van der Waals surface area (Å²) in [7, 11) is 0. The fraction of sp³-hybridized carbons (Fsp3) is 0.222. The molecule has 0 radical (unpaired) electrons. The fourth-order valence-electron chi connectivity index (χ4n) is 2.35. The molecule has 0 saturated carbocycles. The number of benzene rings is 1. The van der Waals surface area contributed by atoms with Crippen molar-refractivity contribution < 1.29 is 0 Å². The Labute approximate surface area is 134 Å². The van der Waals surface area contributed by atoms with E-state index < -0.39 is 0 Å². The molecule has 3 aromatic rings. The smallest absolute Gasteiger partial charge is 0.101 e. The van der Waals surface area contributed by atoms with Gasteiger partial charge in [-0.1, -0.05) is 25.5 Å². The molecule has 0 bridgehead atoms. The molecule has 21 heavy (non-hydrogen) atoms. The van der Waals surface area contributed by atoms with E-state index in [9.17, 15) is 0 Å². The number of rotatable bonds is 6. The molecule has 0 amide bonds. The van der Waals surface area contributed by atoms with Crippen LogP contribution in [-0.2, 0) is 6.42 Å². The second kappa shape index (κ2) is 6.92. The van der Waals surface area contributed by atoms with Crippen LogP contribution >= 0.6 is 22.7 Å². The van der Waals surface area contributed by atoms with Crippen molar-refractivity contribution in [3.63, 3.8) is 0 Å². The van der Waals surface area contributed by atoms with Gasteiger partial charge in [0.25, 0.3) is 0 Å². The number of aryl methyl sites for hydroxylation is 1. The lowest BCUT2D eigenvalue weighted by molar-refractivity contribution is 0.795. The van der Waals surface area contributed by atoms with Crippen molar-refractivity contribution in [3.8, 4) is 0 Å². The number of hydrogen-bond acceptors (Lipinski definition) is 3. The molecule has 3 heteroatoms. The Morgan fingerprint density at radius 3 is 1.95 bits per heavy atom. The van der Waals surface area contributed by atoms with Gasteiger partial charge in [0.15, 0.2) is 0 Å². The molecule has 0 saturated heterocycles. The molecule has 0 aliphatic carbocycles. The van der Waals surface area contributed by atoms with E-state index in [-0.39, 0.29) is 0 Å². The van der Waals surface area contributed by atoms with Crippen molar-refractivity contribution in [1.82, 2.24) is 0 Å². The van der Waals surface area contributed by atoms with Gasteiger partial charge in [-0.2, -0.15) is 0 Å². The molecule has 0 aliphatic heterocycles. The zero-order valence-electron chi connectivity index (χ0n) is 12.2. The SMILES string of the molecule is CCCCc1ccc(N(c2cccs2)c2cccs2)cc1. The van der Waals surface area contributed by atoms with Crippen LogP contribution in [0.15, 0.2) is 59.3 Å². The maximum Gasteiger partial charge on any atom is 0.101 e. The maximum absolute atomic E-state index is 2.33. The number of anilines is 3. The third-order valence-corrected chi connectivity index (χ3v) is 5.17. The molecule has 0 fully saturated rings. The quantitative estimate of drug-likeness (QED) is 0.494. The Kier molecular flexibility index (Phi) is 4.73. The first-order valence-corrected chi connectivity index (χ1v) is 9.10. The standard InChI is InChI=1S/C18H19NS2/c1-2-3-6-15-9-11-16(12-10-15)19(17-7-4-13-20-17)18-8-5-14-21-18/h4-5,7-14H,2-3,6H2,1H3. The first-order valence-electron chi connectivity index (χ1n) is 7.34. The van der Waals surface area contributed by atoms with Crippen LogP contribution < -0.4 is 4.90 Å². The summed E-state index contributed by atoms with van der Waals surface area (Å²) in [6, 6.07) is 17.6. The average Bonchev–Trinajstić information content (AvgIpc) is 3.21. The van der Waals surface area contributed by atoms with Crippen LogP contribution in [0.3, 0.4) is 0 Å². The van der Waals surface area contributed by atoms with Crippen LogP contribution in [-0.4, -0.2) is 0 Å². The molecule has 0 unspecified atom stereocenters. The Morgan fingerprint density at radius 1 is 0.857 bits per heavy atom. The lowest BCUT2D eigenvalue weighted by Crippen LogP contribution is -2.06. The summed E-state index contributed by atoms with van der Waals surface area (Å²) in [5, 5.41) is 6.79. The summed E-state index contributed by atoms with van der Waals surface area (Å²) < 4.78 is 0. The van der Waals surface area contributed by atoms with Crippen molar-refractivity contribution in [2.24, 2.45) is 0 Å². The molecule has 1 nitrogen and oxygen atoms in total. The Morgan fingerprint density at radius 2 is 1.48 bits per heavy atom. The van der Waals surface area contributed by atoms with Gasteiger partial charge in [0.05, 0.1) is 0 Å². The van der Waals surface area contributed by atoms with E-state index in [1.165, 1.54) is 40.5 Å². The normalized spacial score (nSPS) is 10.7. The minimum Gasteiger partial charge on any atom is -0.293 e. The highest BCUT2D eigenvalue weighted by molar-refractivity contribution is 7.16. The first-order chi connectivity index (χ1) is 10.4. The van der Waals surface area contributed by atoms with Gasteiger partial charge in [-0.3, -0.25) is 4.90 Å². The number of thiophene rings is 2. The molecule has 1 aromatic carbocycles. The van der Waals surface area contributed by atoms with Crippen LogP contribution in [0.4, 0.5) is 15.7 Å². The highest BCUT2D eigenvalue weighted by atomic mass is 32.1. The van der Waals surface area contributed by atoms with Gasteiger partial charge in [-0.05, 0) is 65.6 Å². The zero-order valence-corrected chi connectivity index (χ0v) is 13.8. The van der Waals surface area contributed by atoms with Crippen LogP contribution in [0, 0.1) is 0 Å². The van der Waals surface area contributed by atoms with Crippen molar-refractivity contribution in [2.75, 3.05) is 4.90 Å². The summed E-state index contributed by atoms with van der Waals surface area (Å²) >= 11 is 3.55. The number of unbranched alkanes of at least 4 members (excludes halogenated alkanes) is 1. The van der Waals surface area contributed by atoms with Crippen LogP contribution in [0.1, 0.15) is 25.3 Å². The van der Waals surface area contributed by atoms with E-state index in [4.69, 9.17) is 0 Å². The molecule has 0 atom stereocenters. The highest BCUT2D eigenvalue weighted by Crippen LogP contribution is 2.39. The van der Waals surface area contributed by atoms with E-state index in [2.05, 4.69) is 71.1 Å². The third-order valence-electron chi connectivity index (χ3n) is 3.47. The van der Waals surface area contributed by atoms with Crippen molar-refractivity contribution in [3.05, 3.63) is 64.9 Å². The van der Waals surface area contributed by atoms with E-state index >= 15 is 0 Å². The predicted molar refractivity (Wildman–Crippen MR) is 95.5 cm³/mol. The van der Waals surface area contributed by atoms with E-state index in [0.29, 0.717) is 0 Å². The van der Waals surface area contributed by atoms with E-state index in [1.54, 1.807) is 22.7 Å². The second-order valence-corrected chi connectivity index (χ2v) is 6.86. The monoisotopic (exact) mass is 313 g/mol. The second-order valence-electron chi connectivity index (χ2n) is 5.01. The van der Waals surface area contributed by atoms with Gasteiger partial charge in [0.1, 0.15) is 10.0 Å². The summed E-state index contributed by atoms with van der Waals surface area (Å²) in [6.07, 6.45) is 3.69. The van der Waals surface area contributed by atoms with Gasteiger partial charge >= 0.3 is 0 Å². The lowest BCUT2D eigenvalue weighted by Gasteiger charge is -2.21. The molecule has 3 rings (SSSR count). The van der Waals surface area contributed by atoms with Crippen LogP contribution in [0.2, 0.25) is 0 Å². The van der Waals surface area contributed by atoms with Crippen molar-refractivity contribution >= 4 is 38.4 Å². The minimum atomic E-state index is 1.18. The Balaban J connectivity index is 1.90. The fourth-order valence-corrected chi connectivity index (χ4v) is 3.93. The topological polar surface area (TPSA) is 3.24 Å². The van der Waals surface area contributed by atoms with Gasteiger partial charge in [-0.15, -0.1) is 22.7 Å². The first kappa shape index (κ1) is 14.4. The molecular weight excluding hydrogens is 294 g/mol. The highest BCUT2D eigenvalue weighted by Gasteiger charge is 2.13. The van der Waals surface area contributed by atoms with Crippen molar-refractivity contribution in [1.29, 1.82) is 0 Å². The molecule has 0 aliphatic rings. The molecule has 0 spiro atoms. The largest absolute Gasteiger partial charge is 0.293 e. The van der Waals surface area contributed by atoms with Gasteiger partial charge in [-0.25, -0.2) is 0 Å².